The third-order valence-electron chi connectivity index (χ3n) is 3.10. The number of aromatic nitrogens is 1. The number of nitrogens with two attached hydrogens (primary N) is 1. The Morgan fingerprint density at radius 2 is 2.20 bits per heavy atom. The second kappa shape index (κ2) is 4.29. The van der Waals surface area contributed by atoms with Crippen molar-refractivity contribution < 1.29 is 0 Å². The molecule has 0 spiro atoms. The van der Waals surface area contributed by atoms with Crippen LogP contribution < -0.4 is 5.73 Å². The first-order chi connectivity index (χ1) is 7.18. The van der Waals surface area contributed by atoms with Crippen molar-refractivity contribution in [2.45, 2.75) is 24.8 Å². The van der Waals surface area contributed by atoms with Crippen molar-refractivity contribution in [2.24, 2.45) is 5.73 Å². The lowest BCUT2D eigenvalue weighted by Crippen LogP contribution is -2.54. The Morgan fingerprint density at radius 1 is 1.47 bits per heavy atom. The van der Waals surface area contributed by atoms with Gasteiger partial charge < -0.3 is 10.6 Å². The zero-order valence-electron chi connectivity index (χ0n) is 9.32. The van der Waals surface area contributed by atoms with Crippen molar-refractivity contribution in [1.82, 2.24) is 9.88 Å². The Hall–Kier alpha value is -0.930. The van der Waals surface area contributed by atoms with Gasteiger partial charge in [-0.2, -0.15) is 0 Å². The number of likely N-dealkylation sites (N-methyl/N-ethyl adjacent to an activating group) is 1. The van der Waals surface area contributed by atoms with Crippen molar-refractivity contribution in [3.63, 3.8) is 0 Å². The molecule has 2 rings (SSSR count). The van der Waals surface area contributed by atoms with E-state index in [9.17, 15) is 0 Å². The highest BCUT2D eigenvalue weighted by Crippen LogP contribution is 2.21. The van der Waals surface area contributed by atoms with Crippen LogP contribution in [0.2, 0.25) is 0 Å². The topological polar surface area (TPSA) is 42.1 Å². The summed E-state index contributed by atoms with van der Waals surface area (Å²) in [5.74, 6) is 0. The first-order valence-electron chi connectivity index (χ1n) is 5.54. The summed E-state index contributed by atoms with van der Waals surface area (Å²) in [5, 5.41) is 0. The monoisotopic (exact) mass is 205 g/mol. The van der Waals surface area contributed by atoms with E-state index in [1.54, 1.807) is 0 Å². The molecule has 0 aromatic carbocycles. The van der Waals surface area contributed by atoms with Gasteiger partial charge in [0, 0.05) is 24.5 Å². The van der Waals surface area contributed by atoms with E-state index in [2.05, 4.69) is 29.1 Å². The third kappa shape index (κ3) is 2.76. The predicted octanol–water partition coefficient (Wildman–Crippen LogP) is 1.05. The van der Waals surface area contributed by atoms with Crippen LogP contribution in [0.4, 0.5) is 0 Å². The molecule has 1 aliphatic rings. The molecule has 1 saturated heterocycles. The summed E-state index contributed by atoms with van der Waals surface area (Å²) in [5.41, 5.74) is 7.67. The molecule has 3 nitrogen and oxygen atoms in total. The van der Waals surface area contributed by atoms with E-state index in [4.69, 9.17) is 5.73 Å². The predicted molar refractivity (Wildman–Crippen MR) is 61.6 cm³/mol. The number of piperidine rings is 1. The standard InChI is InChI=1S/C12H19N3/c1-15-8-2-5-12(13,10-15)9-11-3-6-14-7-4-11/h3-4,6-7H,2,5,8-10,13H2,1H3. The van der Waals surface area contributed by atoms with E-state index in [1.807, 2.05) is 12.4 Å². The second-order valence-electron chi connectivity index (χ2n) is 4.74. The van der Waals surface area contributed by atoms with Crippen molar-refractivity contribution in [1.29, 1.82) is 0 Å². The van der Waals surface area contributed by atoms with Gasteiger partial charge in [0.1, 0.15) is 0 Å². The zero-order valence-corrected chi connectivity index (χ0v) is 9.32. The summed E-state index contributed by atoms with van der Waals surface area (Å²) < 4.78 is 0. The summed E-state index contributed by atoms with van der Waals surface area (Å²) in [7, 11) is 2.15. The molecule has 0 aliphatic carbocycles. The van der Waals surface area contributed by atoms with Gasteiger partial charge in [0.25, 0.3) is 0 Å². The van der Waals surface area contributed by atoms with E-state index in [0.29, 0.717) is 0 Å². The average molecular weight is 205 g/mol. The summed E-state index contributed by atoms with van der Waals surface area (Å²) in [6, 6.07) is 4.12. The molecule has 0 amide bonds. The number of rotatable bonds is 2. The molecule has 0 bridgehead atoms. The summed E-state index contributed by atoms with van der Waals surface area (Å²) in [6.45, 7) is 2.17. The molecular formula is C12H19N3. The normalized spacial score (nSPS) is 27.9. The average Bonchev–Trinajstić information content (AvgIpc) is 2.18. The van der Waals surface area contributed by atoms with Gasteiger partial charge in [-0.15, -0.1) is 0 Å². The van der Waals surface area contributed by atoms with Gasteiger partial charge in [-0.25, -0.2) is 0 Å². The maximum absolute atomic E-state index is 6.42. The molecule has 2 N–H and O–H groups in total. The molecule has 1 aromatic heterocycles. The molecule has 1 aliphatic heterocycles. The van der Waals surface area contributed by atoms with E-state index < -0.39 is 0 Å². The van der Waals surface area contributed by atoms with Gasteiger partial charge in [0.05, 0.1) is 0 Å². The van der Waals surface area contributed by atoms with Crippen LogP contribution in [0, 0.1) is 0 Å². The van der Waals surface area contributed by atoms with E-state index in [0.717, 1.165) is 19.4 Å². The molecule has 1 unspecified atom stereocenters. The highest BCUT2D eigenvalue weighted by molar-refractivity contribution is 5.14. The molecule has 1 fully saturated rings. The lowest BCUT2D eigenvalue weighted by Gasteiger charge is -2.38. The molecule has 3 heteroatoms. The molecule has 82 valence electrons. The van der Waals surface area contributed by atoms with Crippen LogP contribution in [-0.4, -0.2) is 35.6 Å². The van der Waals surface area contributed by atoms with Crippen LogP contribution in [0.5, 0.6) is 0 Å². The fourth-order valence-corrected chi connectivity index (χ4v) is 2.45. The number of hydrogen-bond acceptors (Lipinski definition) is 3. The minimum atomic E-state index is -0.0473. The summed E-state index contributed by atoms with van der Waals surface area (Å²) in [6.07, 6.45) is 6.97. The van der Waals surface area contributed by atoms with Gasteiger partial charge in [0.15, 0.2) is 0 Å². The Bertz CT molecular complexity index is 312. The SMILES string of the molecule is CN1CCCC(N)(Cc2ccncc2)C1. The molecule has 0 saturated carbocycles. The number of nitrogens with zero attached hydrogens (tertiary/aromatic N) is 2. The summed E-state index contributed by atoms with van der Waals surface area (Å²) >= 11 is 0. The van der Waals surface area contributed by atoms with Crippen LogP contribution in [0.25, 0.3) is 0 Å². The maximum Gasteiger partial charge on any atom is 0.0324 e. The van der Waals surface area contributed by atoms with Crippen molar-refractivity contribution in [3.05, 3.63) is 30.1 Å². The van der Waals surface area contributed by atoms with Gasteiger partial charge in [-0.3, -0.25) is 4.98 Å². The molecule has 1 aromatic rings. The van der Waals surface area contributed by atoms with E-state index >= 15 is 0 Å². The highest BCUT2D eigenvalue weighted by atomic mass is 15.1. The molecule has 1 atom stereocenters. The number of likely N-dealkylation sites (tertiary alicyclic amines) is 1. The zero-order chi connectivity index (χ0) is 10.7. The van der Waals surface area contributed by atoms with Gasteiger partial charge in [-0.05, 0) is 50.6 Å². The Labute approximate surface area is 91.3 Å². The van der Waals surface area contributed by atoms with E-state index in [-0.39, 0.29) is 5.54 Å². The fraction of sp³-hybridized carbons (Fsp3) is 0.583. The maximum atomic E-state index is 6.42. The molecular weight excluding hydrogens is 186 g/mol. The minimum absolute atomic E-state index is 0.0473. The smallest absolute Gasteiger partial charge is 0.0324 e. The Kier molecular flexibility index (Phi) is 3.03. The molecule has 2 heterocycles. The van der Waals surface area contributed by atoms with Crippen LogP contribution in [0.15, 0.2) is 24.5 Å². The van der Waals surface area contributed by atoms with Crippen molar-refractivity contribution in [3.8, 4) is 0 Å². The van der Waals surface area contributed by atoms with Crippen LogP contribution in [-0.2, 0) is 6.42 Å². The molecule has 0 radical (unpaired) electrons. The summed E-state index contributed by atoms with van der Waals surface area (Å²) in [4.78, 5) is 6.35. The van der Waals surface area contributed by atoms with Crippen LogP contribution >= 0.6 is 0 Å². The first kappa shape index (κ1) is 10.6. The minimum Gasteiger partial charge on any atom is -0.324 e. The second-order valence-corrected chi connectivity index (χ2v) is 4.74. The van der Waals surface area contributed by atoms with Crippen LogP contribution in [0.1, 0.15) is 18.4 Å². The number of hydrogen-bond donors (Lipinski definition) is 1. The van der Waals surface area contributed by atoms with Crippen molar-refractivity contribution >= 4 is 0 Å². The van der Waals surface area contributed by atoms with Gasteiger partial charge in [0.2, 0.25) is 0 Å². The van der Waals surface area contributed by atoms with Gasteiger partial charge >= 0.3 is 0 Å². The fourth-order valence-electron chi connectivity index (χ4n) is 2.45. The van der Waals surface area contributed by atoms with Crippen molar-refractivity contribution in [2.75, 3.05) is 20.1 Å². The third-order valence-corrected chi connectivity index (χ3v) is 3.10. The van der Waals surface area contributed by atoms with Crippen LogP contribution in [0.3, 0.4) is 0 Å². The lowest BCUT2D eigenvalue weighted by atomic mass is 9.84. The highest BCUT2D eigenvalue weighted by Gasteiger charge is 2.29. The largest absolute Gasteiger partial charge is 0.324 e. The van der Waals surface area contributed by atoms with E-state index in [1.165, 1.54) is 18.5 Å². The number of pyridine rings is 1. The van der Waals surface area contributed by atoms with Gasteiger partial charge in [-0.1, -0.05) is 0 Å². The quantitative estimate of drug-likeness (QED) is 0.784. The Balaban J connectivity index is 2.04. The first-order valence-corrected chi connectivity index (χ1v) is 5.54. The molecule has 15 heavy (non-hydrogen) atoms. The lowest BCUT2D eigenvalue weighted by molar-refractivity contribution is 0.178. The Morgan fingerprint density at radius 3 is 2.87 bits per heavy atom.